The van der Waals surface area contributed by atoms with Gasteiger partial charge in [-0.05, 0) is 45.9 Å². The van der Waals surface area contributed by atoms with E-state index in [4.69, 9.17) is 14.2 Å². The van der Waals surface area contributed by atoms with Crippen molar-refractivity contribution in [3.63, 3.8) is 0 Å². The molecular formula is C24H25NO6S3. The molecule has 0 unspecified atom stereocenters. The molecule has 0 atom stereocenters. The maximum atomic E-state index is 12.9. The van der Waals surface area contributed by atoms with E-state index in [0.29, 0.717) is 4.91 Å². The van der Waals surface area contributed by atoms with Gasteiger partial charge in [-0.25, -0.2) is 14.4 Å². The molecule has 0 radical (unpaired) electrons. The molecule has 3 aliphatic heterocycles. The van der Waals surface area contributed by atoms with Gasteiger partial charge in [0.05, 0.1) is 31.3 Å². The van der Waals surface area contributed by atoms with Crippen molar-refractivity contribution in [1.29, 1.82) is 0 Å². The summed E-state index contributed by atoms with van der Waals surface area (Å²) in [7, 11) is 2.54. The minimum Gasteiger partial charge on any atom is -0.465 e. The molecule has 1 aromatic rings. The molecule has 4 rings (SSSR count). The lowest BCUT2D eigenvalue weighted by Crippen LogP contribution is -2.41. The fourth-order valence-corrected chi connectivity index (χ4v) is 8.79. The summed E-state index contributed by atoms with van der Waals surface area (Å²) < 4.78 is 14.3. The van der Waals surface area contributed by atoms with Crippen molar-refractivity contribution in [2.24, 2.45) is 0 Å². The van der Waals surface area contributed by atoms with Gasteiger partial charge in [0.25, 0.3) is 0 Å². The number of methoxy groups -OCH3 is 2. The Morgan fingerprint density at radius 3 is 2.18 bits per heavy atom. The Morgan fingerprint density at radius 1 is 1.00 bits per heavy atom. The first-order valence-electron chi connectivity index (χ1n) is 10.6. The number of esters is 3. The zero-order valence-corrected chi connectivity index (χ0v) is 22.1. The summed E-state index contributed by atoms with van der Waals surface area (Å²) in [6, 6.07) is 6.13. The van der Waals surface area contributed by atoms with Crippen LogP contribution in [0.25, 0.3) is 5.57 Å². The number of ether oxygens (including phenoxy) is 3. The van der Waals surface area contributed by atoms with Crippen LogP contribution in [0.2, 0.25) is 0 Å². The van der Waals surface area contributed by atoms with Gasteiger partial charge in [0, 0.05) is 21.7 Å². The number of hydrogen-bond acceptors (Lipinski definition) is 10. The van der Waals surface area contributed by atoms with Crippen LogP contribution >= 0.6 is 35.3 Å². The summed E-state index contributed by atoms with van der Waals surface area (Å²) in [5.74, 6) is -1.70. The van der Waals surface area contributed by atoms with Gasteiger partial charge in [0.15, 0.2) is 0 Å². The molecule has 3 heterocycles. The van der Waals surface area contributed by atoms with Crippen molar-refractivity contribution >= 4 is 64.5 Å². The lowest BCUT2D eigenvalue weighted by atomic mass is 9.86. The molecule has 0 saturated heterocycles. The highest BCUT2D eigenvalue weighted by Gasteiger charge is 2.54. The van der Waals surface area contributed by atoms with Crippen LogP contribution in [0.15, 0.2) is 43.9 Å². The number of benzene rings is 1. The van der Waals surface area contributed by atoms with Crippen LogP contribution in [0.3, 0.4) is 0 Å². The number of nitrogens with one attached hydrogen (secondary N) is 1. The van der Waals surface area contributed by atoms with Crippen molar-refractivity contribution in [3.8, 4) is 0 Å². The Kier molecular flexibility index (Phi) is 6.61. The van der Waals surface area contributed by atoms with E-state index in [1.54, 1.807) is 13.0 Å². The number of fused-ring (bicyclic) bond motifs is 3. The van der Waals surface area contributed by atoms with Gasteiger partial charge in [-0.2, -0.15) is 0 Å². The summed E-state index contributed by atoms with van der Waals surface area (Å²) in [4.78, 5) is 40.0. The molecule has 1 N–H and O–H groups in total. The third-order valence-electron chi connectivity index (χ3n) is 5.50. The number of carbonyl (C=O) groups excluding carboxylic acids is 3. The van der Waals surface area contributed by atoms with E-state index in [0.717, 1.165) is 27.3 Å². The standard InChI is InChI=1S/C24H25NO6S3/c1-7-31-20(26)15-11-24(33-17(21(27)29-5)18(34-24)22(28)30-6)16-13-10-12(2)8-9-14(13)25-23(3,4)19(16)32-15/h8-11,25H,7H2,1-6H3. The minimum atomic E-state index is -0.975. The number of anilines is 1. The van der Waals surface area contributed by atoms with Crippen LogP contribution in [-0.2, 0) is 28.6 Å². The molecule has 0 fully saturated rings. The van der Waals surface area contributed by atoms with Crippen molar-refractivity contribution < 1.29 is 28.6 Å². The Balaban J connectivity index is 1.98. The highest BCUT2D eigenvalue weighted by molar-refractivity contribution is 8.26. The molecule has 0 amide bonds. The molecule has 1 spiro atoms. The van der Waals surface area contributed by atoms with Crippen LogP contribution in [0.4, 0.5) is 5.69 Å². The number of aryl methyl sites for hydroxylation is 1. The summed E-state index contributed by atoms with van der Waals surface area (Å²) in [6.07, 6.45) is 1.80. The van der Waals surface area contributed by atoms with Gasteiger partial charge in [0.2, 0.25) is 0 Å². The first-order valence-corrected chi connectivity index (χ1v) is 13.0. The Labute approximate surface area is 211 Å². The molecule has 3 aliphatic rings. The van der Waals surface area contributed by atoms with Crippen molar-refractivity contribution in [1.82, 2.24) is 0 Å². The van der Waals surface area contributed by atoms with Crippen molar-refractivity contribution in [2.75, 3.05) is 26.1 Å². The maximum Gasteiger partial charge on any atom is 0.345 e. The summed E-state index contributed by atoms with van der Waals surface area (Å²) in [5.41, 5.74) is 3.37. The zero-order valence-electron chi connectivity index (χ0n) is 19.7. The lowest BCUT2D eigenvalue weighted by Gasteiger charge is -2.45. The van der Waals surface area contributed by atoms with Crippen LogP contribution in [0, 0.1) is 6.92 Å². The third-order valence-corrected chi connectivity index (χ3v) is 9.95. The van der Waals surface area contributed by atoms with E-state index < -0.39 is 27.5 Å². The number of rotatable bonds is 4. The van der Waals surface area contributed by atoms with Crippen molar-refractivity contribution in [2.45, 2.75) is 37.3 Å². The topological polar surface area (TPSA) is 90.9 Å². The summed E-state index contributed by atoms with van der Waals surface area (Å²) >= 11 is 3.75. The molecule has 0 saturated carbocycles. The van der Waals surface area contributed by atoms with Crippen LogP contribution in [0.1, 0.15) is 31.9 Å². The normalized spacial score (nSPS) is 19.6. The quantitative estimate of drug-likeness (QED) is 0.440. The summed E-state index contributed by atoms with van der Waals surface area (Å²) in [6.45, 7) is 8.08. The van der Waals surface area contributed by atoms with E-state index in [1.807, 2.05) is 32.9 Å². The predicted octanol–water partition coefficient (Wildman–Crippen LogP) is 4.84. The maximum absolute atomic E-state index is 12.9. The van der Waals surface area contributed by atoms with E-state index in [2.05, 4.69) is 11.4 Å². The molecule has 7 nitrogen and oxygen atoms in total. The minimum absolute atomic E-state index is 0.156. The molecule has 0 aromatic heterocycles. The van der Waals surface area contributed by atoms with Gasteiger partial charge in [0.1, 0.15) is 13.9 Å². The zero-order chi connectivity index (χ0) is 24.8. The number of hydrogen-bond donors (Lipinski definition) is 1. The highest BCUT2D eigenvalue weighted by atomic mass is 32.2. The van der Waals surface area contributed by atoms with Crippen LogP contribution in [-0.4, -0.2) is 48.4 Å². The van der Waals surface area contributed by atoms with Gasteiger partial charge < -0.3 is 19.5 Å². The van der Waals surface area contributed by atoms with Crippen molar-refractivity contribution in [3.05, 3.63) is 55.0 Å². The van der Waals surface area contributed by atoms with E-state index >= 15 is 0 Å². The Bertz CT molecular complexity index is 1170. The SMILES string of the molecule is CCOC(=O)C1=CC2(SC(C(=O)OC)=C(C(=O)OC)S2)C2=C(S1)C(C)(C)Nc1ccc(C)cc12. The van der Waals surface area contributed by atoms with E-state index in [9.17, 15) is 14.4 Å². The molecule has 10 heteroatoms. The summed E-state index contributed by atoms with van der Waals surface area (Å²) in [5, 5.41) is 3.58. The number of thioether (sulfide) groups is 3. The highest BCUT2D eigenvalue weighted by Crippen LogP contribution is 2.67. The molecule has 180 valence electrons. The van der Waals surface area contributed by atoms with Gasteiger partial charge in [-0.15, -0.1) is 0 Å². The first-order chi connectivity index (χ1) is 16.1. The molecule has 1 aromatic carbocycles. The van der Waals surface area contributed by atoms with E-state index in [-0.39, 0.29) is 16.4 Å². The lowest BCUT2D eigenvalue weighted by molar-refractivity contribution is -0.138. The van der Waals surface area contributed by atoms with Crippen LogP contribution in [0.5, 0.6) is 0 Å². The van der Waals surface area contributed by atoms with Gasteiger partial charge in [-0.3, -0.25) is 0 Å². The monoisotopic (exact) mass is 519 g/mol. The second-order valence-electron chi connectivity index (χ2n) is 8.35. The third kappa shape index (κ3) is 4.05. The van der Waals surface area contributed by atoms with Gasteiger partial charge in [-0.1, -0.05) is 46.9 Å². The average Bonchev–Trinajstić information content (AvgIpc) is 3.17. The molecule has 34 heavy (non-hydrogen) atoms. The second kappa shape index (κ2) is 9.05. The smallest absolute Gasteiger partial charge is 0.345 e. The van der Waals surface area contributed by atoms with Gasteiger partial charge >= 0.3 is 17.9 Å². The molecular weight excluding hydrogens is 494 g/mol. The average molecular weight is 520 g/mol. The first kappa shape index (κ1) is 24.8. The second-order valence-corrected chi connectivity index (χ2v) is 12.2. The predicted molar refractivity (Wildman–Crippen MR) is 137 cm³/mol. The fourth-order valence-electron chi connectivity index (χ4n) is 4.05. The Morgan fingerprint density at radius 2 is 1.62 bits per heavy atom. The molecule has 0 bridgehead atoms. The van der Waals surface area contributed by atoms with E-state index in [1.165, 1.54) is 49.5 Å². The largest absolute Gasteiger partial charge is 0.465 e. The molecule has 0 aliphatic carbocycles. The fraction of sp³-hybridized carbons (Fsp3) is 0.375. The van der Waals surface area contributed by atoms with Crippen LogP contribution < -0.4 is 5.32 Å². The number of carbonyl (C=O) groups is 3. The Hall–Kier alpha value is -2.30.